The molecule has 20 heavy (non-hydrogen) atoms. The van der Waals surface area contributed by atoms with Gasteiger partial charge in [0.1, 0.15) is 12.2 Å². The van der Waals surface area contributed by atoms with E-state index in [1.807, 2.05) is 0 Å². The number of ether oxygens (including phenoxy) is 2. The molecule has 0 fully saturated rings. The predicted octanol–water partition coefficient (Wildman–Crippen LogP) is 0.130. The molecule has 2 atom stereocenters. The minimum Gasteiger partial charge on any atom is -0.423 e. The fraction of sp³-hybridized carbons (Fsp3) is 0.308. The minimum atomic E-state index is -1.61. The van der Waals surface area contributed by atoms with Crippen molar-refractivity contribution >= 4 is 18.2 Å². The van der Waals surface area contributed by atoms with Crippen molar-refractivity contribution in [2.24, 2.45) is 0 Å². The van der Waals surface area contributed by atoms with Crippen molar-refractivity contribution in [2.75, 3.05) is 0 Å². The first-order valence-electron chi connectivity index (χ1n) is 5.67. The number of aldehydes is 1. The second-order valence-corrected chi connectivity index (χ2v) is 3.96. The van der Waals surface area contributed by atoms with Crippen LogP contribution in [-0.2, 0) is 14.4 Å². The van der Waals surface area contributed by atoms with Crippen LogP contribution >= 0.6 is 0 Å². The van der Waals surface area contributed by atoms with Gasteiger partial charge in [0, 0.05) is 13.8 Å². The number of hydrogen-bond acceptors (Lipinski definition) is 7. The van der Waals surface area contributed by atoms with Crippen molar-refractivity contribution in [3.63, 3.8) is 0 Å². The van der Waals surface area contributed by atoms with Crippen LogP contribution in [-0.4, -0.2) is 34.5 Å². The smallest absolute Gasteiger partial charge is 0.308 e. The first-order chi connectivity index (χ1) is 9.35. The zero-order valence-electron chi connectivity index (χ0n) is 10.9. The van der Waals surface area contributed by atoms with Gasteiger partial charge in [0.25, 0.3) is 0 Å². The molecule has 0 amide bonds. The van der Waals surface area contributed by atoms with Gasteiger partial charge in [-0.1, -0.05) is 6.07 Å². The van der Waals surface area contributed by atoms with Crippen LogP contribution in [0, 0.1) is 0 Å². The number of hydrogen-bond donors (Lipinski definition) is 2. The molecular weight excluding hydrogens is 268 g/mol. The Hall–Kier alpha value is -2.25. The van der Waals surface area contributed by atoms with Gasteiger partial charge >= 0.3 is 11.9 Å². The first-order valence-corrected chi connectivity index (χ1v) is 5.67. The lowest BCUT2D eigenvalue weighted by atomic mass is 10.0. The number of aliphatic hydroxyl groups is 2. The van der Waals surface area contributed by atoms with E-state index >= 15 is 0 Å². The molecule has 0 heterocycles. The Labute approximate surface area is 114 Å². The number of carbonyl (C=O) groups is 3. The molecule has 0 aromatic heterocycles. The number of aliphatic hydroxyl groups excluding tert-OH is 2. The van der Waals surface area contributed by atoms with Gasteiger partial charge in [-0.25, -0.2) is 0 Å². The van der Waals surface area contributed by atoms with Gasteiger partial charge in [-0.3, -0.25) is 9.59 Å². The number of rotatable bonds is 5. The lowest BCUT2D eigenvalue weighted by Gasteiger charge is -2.15. The summed E-state index contributed by atoms with van der Waals surface area (Å²) in [4.78, 5) is 32.3. The highest BCUT2D eigenvalue weighted by atomic mass is 16.6. The maximum atomic E-state index is 11.0. The largest absolute Gasteiger partial charge is 0.423 e. The monoisotopic (exact) mass is 282 g/mol. The van der Waals surface area contributed by atoms with Gasteiger partial charge in [-0.05, 0) is 17.7 Å². The van der Waals surface area contributed by atoms with Crippen LogP contribution in [0.2, 0.25) is 0 Å². The number of carbonyl (C=O) groups excluding carboxylic acids is 3. The summed E-state index contributed by atoms with van der Waals surface area (Å²) in [6.07, 6.45) is -2.91. The Kier molecular flexibility index (Phi) is 5.36. The Morgan fingerprint density at radius 2 is 1.65 bits per heavy atom. The van der Waals surface area contributed by atoms with Crippen molar-refractivity contribution in [3.8, 4) is 11.5 Å². The maximum Gasteiger partial charge on any atom is 0.308 e. The van der Waals surface area contributed by atoms with E-state index in [2.05, 4.69) is 0 Å². The van der Waals surface area contributed by atoms with E-state index in [1.54, 1.807) is 0 Å². The summed E-state index contributed by atoms with van der Waals surface area (Å²) in [6.45, 7) is 2.33. The summed E-state index contributed by atoms with van der Waals surface area (Å²) >= 11 is 0. The molecule has 2 unspecified atom stereocenters. The third-order valence-electron chi connectivity index (χ3n) is 2.28. The van der Waals surface area contributed by atoms with Gasteiger partial charge < -0.3 is 24.5 Å². The normalized spacial score (nSPS) is 13.2. The van der Waals surface area contributed by atoms with Gasteiger partial charge in [-0.2, -0.15) is 0 Å². The quantitative estimate of drug-likeness (QED) is 0.448. The highest BCUT2D eigenvalue weighted by molar-refractivity contribution is 5.73. The molecule has 1 aromatic rings. The van der Waals surface area contributed by atoms with E-state index in [4.69, 9.17) is 9.47 Å². The van der Waals surface area contributed by atoms with E-state index in [9.17, 15) is 24.6 Å². The average molecular weight is 282 g/mol. The van der Waals surface area contributed by atoms with E-state index in [0.29, 0.717) is 0 Å². The van der Waals surface area contributed by atoms with Crippen LogP contribution in [0.3, 0.4) is 0 Å². The lowest BCUT2D eigenvalue weighted by molar-refractivity contribution is -0.134. The summed E-state index contributed by atoms with van der Waals surface area (Å²) in [7, 11) is 0. The topological polar surface area (TPSA) is 110 Å². The fourth-order valence-corrected chi connectivity index (χ4v) is 1.45. The van der Waals surface area contributed by atoms with Crippen LogP contribution < -0.4 is 9.47 Å². The standard InChI is InChI=1S/C13H14O7/c1-7(15)19-11-4-3-9(13(18)10(17)6-14)5-12(11)20-8(2)16/h3-6,10,13,17-18H,1-2H3. The molecule has 0 aliphatic heterocycles. The maximum absolute atomic E-state index is 11.0. The summed E-state index contributed by atoms with van der Waals surface area (Å²) in [5.41, 5.74) is 0.136. The molecule has 0 aliphatic rings. The summed E-state index contributed by atoms with van der Waals surface area (Å²) in [6, 6.07) is 3.83. The van der Waals surface area contributed by atoms with E-state index < -0.39 is 24.1 Å². The Morgan fingerprint density at radius 3 is 2.15 bits per heavy atom. The van der Waals surface area contributed by atoms with Crippen molar-refractivity contribution in [1.82, 2.24) is 0 Å². The van der Waals surface area contributed by atoms with E-state index in [0.717, 1.165) is 6.92 Å². The number of esters is 2. The number of benzene rings is 1. The second-order valence-electron chi connectivity index (χ2n) is 3.96. The highest BCUT2D eigenvalue weighted by Crippen LogP contribution is 2.31. The van der Waals surface area contributed by atoms with Crippen LogP contribution in [0.5, 0.6) is 11.5 Å². The van der Waals surface area contributed by atoms with Gasteiger partial charge in [-0.15, -0.1) is 0 Å². The van der Waals surface area contributed by atoms with Crippen molar-refractivity contribution in [2.45, 2.75) is 26.1 Å². The molecule has 1 aromatic carbocycles. The third-order valence-corrected chi connectivity index (χ3v) is 2.28. The lowest BCUT2D eigenvalue weighted by Crippen LogP contribution is -2.19. The van der Waals surface area contributed by atoms with Gasteiger partial charge in [0.15, 0.2) is 17.8 Å². The zero-order chi connectivity index (χ0) is 15.3. The Balaban J connectivity index is 3.15. The third kappa shape index (κ3) is 4.15. The highest BCUT2D eigenvalue weighted by Gasteiger charge is 2.20. The van der Waals surface area contributed by atoms with Crippen molar-refractivity contribution in [3.05, 3.63) is 23.8 Å². The van der Waals surface area contributed by atoms with Crippen molar-refractivity contribution in [1.29, 1.82) is 0 Å². The molecule has 108 valence electrons. The Morgan fingerprint density at radius 1 is 1.10 bits per heavy atom. The predicted molar refractivity (Wildman–Crippen MR) is 66.1 cm³/mol. The van der Waals surface area contributed by atoms with Crippen LogP contribution in [0.4, 0.5) is 0 Å². The molecule has 0 saturated carbocycles. The molecule has 0 saturated heterocycles. The van der Waals surface area contributed by atoms with Crippen LogP contribution in [0.1, 0.15) is 25.5 Å². The average Bonchev–Trinajstić information content (AvgIpc) is 2.37. The minimum absolute atomic E-state index is 0.00996. The molecule has 1 rings (SSSR count). The summed E-state index contributed by atoms with van der Waals surface area (Å²) < 4.78 is 9.69. The molecular formula is C13H14O7. The van der Waals surface area contributed by atoms with E-state index in [1.165, 1.54) is 25.1 Å². The second kappa shape index (κ2) is 6.78. The summed E-state index contributed by atoms with van der Waals surface area (Å²) in [5.74, 6) is -1.37. The van der Waals surface area contributed by atoms with Crippen LogP contribution in [0.25, 0.3) is 0 Å². The zero-order valence-corrected chi connectivity index (χ0v) is 10.9. The fourth-order valence-electron chi connectivity index (χ4n) is 1.45. The molecule has 0 bridgehead atoms. The van der Waals surface area contributed by atoms with Crippen molar-refractivity contribution < 1.29 is 34.1 Å². The van der Waals surface area contributed by atoms with E-state index in [-0.39, 0.29) is 23.3 Å². The molecule has 7 nitrogen and oxygen atoms in total. The Bertz CT molecular complexity index is 523. The molecule has 0 aliphatic carbocycles. The molecule has 7 heteroatoms. The molecule has 0 radical (unpaired) electrons. The SMILES string of the molecule is CC(=O)Oc1ccc(C(O)C(O)C=O)cc1OC(C)=O. The van der Waals surface area contributed by atoms with Gasteiger partial charge in [0.2, 0.25) is 0 Å². The van der Waals surface area contributed by atoms with Crippen LogP contribution in [0.15, 0.2) is 18.2 Å². The molecule has 2 N–H and O–H groups in total. The summed E-state index contributed by atoms with van der Waals surface area (Å²) in [5, 5.41) is 18.9. The first kappa shape index (κ1) is 15.8. The molecule has 0 spiro atoms. The van der Waals surface area contributed by atoms with Gasteiger partial charge in [0.05, 0.1) is 0 Å².